The first kappa shape index (κ1) is 16.6. The molecule has 24 heavy (non-hydrogen) atoms. The van der Waals surface area contributed by atoms with E-state index in [0.717, 1.165) is 11.4 Å². The van der Waals surface area contributed by atoms with E-state index in [2.05, 4.69) is 45.9 Å². The number of rotatable bonds is 2. The summed E-state index contributed by atoms with van der Waals surface area (Å²) in [5, 5.41) is 9.51. The SMILES string of the molecule is CC1(C)CCC(C)(C)c2cc([N+](=CN)c3ccc(O)cc3)ccc21. The molecule has 0 atom stereocenters. The van der Waals surface area contributed by atoms with Crippen LogP contribution in [0.15, 0.2) is 42.5 Å². The van der Waals surface area contributed by atoms with Crippen LogP contribution in [0.2, 0.25) is 0 Å². The monoisotopic (exact) mass is 323 g/mol. The highest BCUT2D eigenvalue weighted by Crippen LogP contribution is 2.46. The second-order valence-corrected chi connectivity index (χ2v) is 8.03. The van der Waals surface area contributed by atoms with Crippen molar-refractivity contribution in [3.05, 3.63) is 53.6 Å². The third kappa shape index (κ3) is 2.79. The summed E-state index contributed by atoms with van der Waals surface area (Å²) in [6.07, 6.45) is 3.97. The van der Waals surface area contributed by atoms with Crippen molar-refractivity contribution >= 4 is 17.7 Å². The van der Waals surface area contributed by atoms with Gasteiger partial charge in [-0.25, -0.2) is 0 Å². The topological polar surface area (TPSA) is 49.3 Å². The molecule has 3 heteroatoms. The zero-order chi connectivity index (χ0) is 17.5. The van der Waals surface area contributed by atoms with E-state index in [9.17, 15) is 5.11 Å². The largest absolute Gasteiger partial charge is 0.508 e. The Balaban J connectivity index is 2.12. The fourth-order valence-electron chi connectivity index (χ4n) is 3.66. The highest BCUT2D eigenvalue weighted by molar-refractivity contribution is 5.69. The highest BCUT2D eigenvalue weighted by atomic mass is 16.3. The predicted molar refractivity (Wildman–Crippen MR) is 102 cm³/mol. The van der Waals surface area contributed by atoms with Gasteiger partial charge in [0, 0.05) is 0 Å². The quantitative estimate of drug-likeness (QED) is 0.483. The number of aromatic hydroxyl groups is 1. The number of hydrogen-bond acceptors (Lipinski definition) is 1. The molecule has 126 valence electrons. The second kappa shape index (κ2) is 5.66. The molecule has 0 saturated carbocycles. The molecule has 0 radical (unpaired) electrons. The van der Waals surface area contributed by atoms with Gasteiger partial charge >= 0.3 is 0 Å². The van der Waals surface area contributed by atoms with Crippen LogP contribution in [-0.4, -0.2) is 11.4 Å². The van der Waals surface area contributed by atoms with Crippen LogP contribution in [0, 0.1) is 0 Å². The lowest BCUT2D eigenvalue weighted by atomic mass is 9.63. The van der Waals surface area contributed by atoms with Gasteiger partial charge < -0.3 is 5.11 Å². The molecule has 0 amide bonds. The number of nitrogens with zero attached hydrogens (tertiary/aromatic N) is 1. The van der Waals surface area contributed by atoms with E-state index in [1.165, 1.54) is 24.0 Å². The van der Waals surface area contributed by atoms with Gasteiger partial charge in [0.25, 0.3) is 0 Å². The molecule has 0 unspecified atom stereocenters. The Morgan fingerprint density at radius 3 is 2.00 bits per heavy atom. The Morgan fingerprint density at radius 1 is 0.875 bits per heavy atom. The maximum Gasteiger partial charge on any atom is 0.240 e. The van der Waals surface area contributed by atoms with Crippen LogP contribution in [-0.2, 0) is 10.8 Å². The fraction of sp³-hybridized carbons (Fsp3) is 0.381. The first-order valence-electron chi connectivity index (χ1n) is 8.53. The van der Waals surface area contributed by atoms with Gasteiger partial charge in [-0.1, -0.05) is 33.8 Å². The van der Waals surface area contributed by atoms with E-state index in [4.69, 9.17) is 5.73 Å². The van der Waals surface area contributed by atoms with Crippen LogP contribution in [0.1, 0.15) is 51.7 Å². The van der Waals surface area contributed by atoms with Crippen LogP contribution in [0.4, 0.5) is 11.4 Å². The number of phenolic OH excluding ortho intramolecular Hbond substituents is 1. The molecule has 2 aromatic carbocycles. The summed E-state index contributed by atoms with van der Waals surface area (Å²) in [5.41, 5.74) is 11.1. The maximum absolute atomic E-state index is 9.51. The Labute approximate surface area is 144 Å². The lowest BCUT2D eigenvalue weighted by Crippen LogP contribution is -2.34. The lowest BCUT2D eigenvalue weighted by molar-refractivity contribution is 0.332. The summed E-state index contributed by atoms with van der Waals surface area (Å²) >= 11 is 0. The van der Waals surface area contributed by atoms with Gasteiger partial charge in [-0.2, -0.15) is 4.58 Å². The third-order valence-electron chi connectivity index (χ3n) is 5.39. The maximum atomic E-state index is 9.51. The van der Waals surface area contributed by atoms with Crippen molar-refractivity contribution in [1.29, 1.82) is 0 Å². The van der Waals surface area contributed by atoms with Gasteiger partial charge in [-0.3, -0.25) is 5.73 Å². The van der Waals surface area contributed by atoms with E-state index < -0.39 is 0 Å². The molecular formula is C21H27N2O+. The summed E-state index contributed by atoms with van der Waals surface area (Å²) in [7, 11) is 0. The molecule has 3 rings (SSSR count). The summed E-state index contributed by atoms with van der Waals surface area (Å²) < 4.78 is 1.96. The van der Waals surface area contributed by atoms with E-state index in [1.807, 2.05) is 16.7 Å². The Kier molecular flexibility index (Phi) is 3.90. The van der Waals surface area contributed by atoms with Gasteiger partial charge in [-0.15, -0.1) is 0 Å². The van der Waals surface area contributed by atoms with E-state index in [-0.39, 0.29) is 16.6 Å². The average molecular weight is 323 g/mol. The minimum atomic E-state index is 0.163. The minimum Gasteiger partial charge on any atom is -0.508 e. The average Bonchev–Trinajstić information content (AvgIpc) is 2.54. The Hall–Kier alpha value is -2.29. The van der Waals surface area contributed by atoms with Crippen molar-refractivity contribution in [1.82, 2.24) is 4.58 Å². The van der Waals surface area contributed by atoms with Gasteiger partial charge in [0.2, 0.25) is 6.34 Å². The summed E-state index contributed by atoms with van der Waals surface area (Å²) in [6, 6.07) is 13.8. The smallest absolute Gasteiger partial charge is 0.240 e. The number of nitrogens with two attached hydrogens (primary N) is 1. The van der Waals surface area contributed by atoms with Crippen molar-refractivity contribution in [3.63, 3.8) is 0 Å². The third-order valence-corrected chi connectivity index (χ3v) is 5.39. The zero-order valence-electron chi connectivity index (χ0n) is 15.0. The normalized spacial score (nSPS) is 18.9. The summed E-state index contributed by atoms with van der Waals surface area (Å²) in [6.45, 7) is 9.30. The fourth-order valence-corrected chi connectivity index (χ4v) is 3.66. The first-order valence-corrected chi connectivity index (χ1v) is 8.53. The standard InChI is InChI=1S/C21H26N2O/c1-20(2)11-12-21(3,4)19-13-16(7-10-18(19)20)23(14-22)15-5-8-17(24)9-6-15/h5-10,13-14,22,24H,11-12H2,1-4H3/p+1. The van der Waals surface area contributed by atoms with Crippen molar-refractivity contribution < 1.29 is 5.11 Å². The van der Waals surface area contributed by atoms with Crippen molar-refractivity contribution in [2.45, 2.75) is 51.4 Å². The van der Waals surface area contributed by atoms with Crippen molar-refractivity contribution in [3.8, 4) is 5.75 Å². The molecule has 0 aromatic heterocycles. The minimum absolute atomic E-state index is 0.163. The molecule has 0 saturated heterocycles. The van der Waals surface area contributed by atoms with Crippen LogP contribution in [0.3, 0.4) is 0 Å². The van der Waals surface area contributed by atoms with E-state index in [0.29, 0.717) is 0 Å². The molecule has 3 nitrogen and oxygen atoms in total. The van der Waals surface area contributed by atoms with Crippen molar-refractivity contribution in [2.24, 2.45) is 5.73 Å². The second-order valence-electron chi connectivity index (χ2n) is 8.03. The molecule has 0 fully saturated rings. The number of hydrogen-bond donors (Lipinski definition) is 2. The molecule has 1 aliphatic rings. The molecule has 1 aliphatic carbocycles. The number of phenols is 1. The van der Waals surface area contributed by atoms with Crippen LogP contribution < -0.4 is 10.3 Å². The van der Waals surface area contributed by atoms with Crippen molar-refractivity contribution in [2.75, 3.05) is 0 Å². The van der Waals surface area contributed by atoms with Crippen LogP contribution >= 0.6 is 0 Å². The Bertz CT molecular complexity index is 786. The van der Waals surface area contributed by atoms with Crippen LogP contribution in [0.25, 0.3) is 0 Å². The van der Waals surface area contributed by atoms with Gasteiger partial charge in [0.05, 0.1) is 0 Å². The lowest BCUT2D eigenvalue weighted by Gasteiger charge is -2.41. The van der Waals surface area contributed by atoms with Gasteiger partial charge in [-0.05, 0) is 71.2 Å². The molecule has 0 spiro atoms. The summed E-state index contributed by atoms with van der Waals surface area (Å²) in [4.78, 5) is 0. The molecule has 0 heterocycles. The first-order chi connectivity index (χ1) is 11.2. The zero-order valence-corrected chi connectivity index (χ0v) is 15.0. The molecule has 0 aliphatic heterocycles. The number of benzene rings is 2. The molecule has 0 bridgehead atoms. The van der Waals surface area contributed by atoms with Gasteiger partial charge in [0.1, 0.15) is 17.1 Å². The Morgan fingerprint density at radius 2 is 1.42 bits per heavy atom. The predicted octanol–water partition coefficient (Wildman–Crippen LogP) is 4.56. The van der Waals surface area contributed by atoms with E-state index >= 15 is 0 Å². The number of fused-ring (bicyclic) bond motifs is 1. The summed E-state index contributed by atoms with van der Waals surface area (Å²) in [5.74, 6) is 0.254. The van der Waals surface area contributed by atoms with Crippen LogP contribution in [0.5, 0.6) is 5.75 Å². The molecule has 2 aromatic rings. The molecular weight excluding hydrogens is 296 g/mol. The highest BCUT2D eigenvalue weighted by Gasteiger charge is 2.37. The molecule has 3 N–H and O–H groups in total. The van der Waals surface area contributed by atoms with E-state index in [1.54, 1.807) is 18.5 Å². The van der Waals surface area contributed by atoms with Gasteiger partial charge in [0.15, 0.2) is 0 Å².